The summed E-state index contributed by atoms with van der Waals surface area (Å²) >= 11 is 0. The van der Waals surface area contributed by atoms with Gasteiger partial charge in [0.1, 0.15) is 5.82 Å². The van der Waals surface area contributed by atoms with Crippen molar-refractivity contribution in [2.24, 2.45) is 0 Å². The van der Waals surface area contributed by atoms with Gasteiger partial charge in [0.05, 0.1) is 0 Å². The van der Waals surface area contributed by atoms with Crippen LogP contribution in [0.2, 0.25) is 0 Å². The SMILES string of the molecule is Fc1ccc(CCNc2ncccc2F)cc1. The first kappa shape index (κ1) is 11.5. The van der Waals surface area contributed by atoms with Crippen LogP contribution in [-0.4, -0.2) is 11.5 Å². The number of hydrogen-bond acceptors (Lipinski definition) is 2. The fraction of sp³-hybridized carbons (Fsp3) is 0.154. The van der Waals surface area contributed by atoms with Gasteiger partial charge in [-0.05, 0) is 36.2 Å². The largest absolute Gasteiger partial charge is 0.367 e. The second kappa shape index (κ2) is 5.39. The second-order valence-corrected chi connectivity index (χ2v) is 3.64. The zero-order valence-corrected chi connectivity index (χ0v) is 9.16. The van der Waals surface area contributed by atoms with E-state index >= 15 is 0 Å². The molecule has 0 saturated carbocycles. The quantitative estimate of drug-likeness (QED) is 0.879. The fourth-order valence-electron chi connectivity index (χ4n) is 1.49. The monoisotopic (exact) mass is 234 g/mol. The van der Waals surface area contributed by atoms with E-state index in [0.29, 0.717) is 13.0 Å². The molecule has 0 radical (unpaired) electrons. The van der Waals surface area contributed by atoms with Gasteiger partial charge in [0, 0.05) is 12.7 Å². The van der Waals surface area contributed by atoms with E-state index in [0.717, 1.165) is 5.56 Å². The van der Waals surface area contributed by atoms with Gasteiger partial charge in [-0.25, -0.2) is 13.8 Å². The first-order valence-electron chi connectivity index (χ1n) is 5.34. The molecule has 2 rings (SSSR count). The number of nitrogens with zero attached hydrogens (tertiary/aromatic N) is 1. The summed E-state index contributed by atoms with van der Waals surface area (Å²) in [6.07, 6.45) is 2.22. The lowest BCUT2D eigenvalue weighted by atomic mass is 10.1. The zero-order valence-electron chi connectivity index (χ0n) is 9.16. The van der Waals surface area contributed by atoms with Crippen LogP contribution in [0.25, 0.3) is 0 Å². The van der Waals surface area contributed by atoms with Crippen molar-refractivity contribution in [1.82, 2.24) is 4.98 Å². The van der Waals surface area contributed by atoms with Gasteiger partial charge >= 0.3 is 0 Å². The molecule has 1 N–H and O–H groups in total. The summed E-state index contributed by atoms with van der Waals surface area (Å²) in [4.78, 5) is 3.88. The van der Waals surface area contributed by atoms with Crippen molar-refractivity contribution in [3.63, 3.8) is 0 Å². The van der Waals surface area contributed by atoms with Crippen molar-refractivity contribution in [2.75, 3.05) is 11.9 Å². The summed E-state index contributed by atoms with van der Waals surface area (Å²) in [6, 6.07) is 9.15. The van der Waals surface area contributed by atoms with Crippen LogP contribution in [0.4, 0.5) is 14.6 Å². The summed E-state index contributed by atoms with van der Waals surface area (Å²) in [6.45, 7) is 0.555. The van der Waals surface area contributed by atoms with E-state index in [1.54, 1.807) is 18.2 Å². The van der Waals surface area contributed by atoms with Crippen molar-refractivity contribution in [2.45, 2.75) is 6.42 Å². The highest BCUT2D eigenvalue weighted by molar-refractivity contribution is 5.35. The van der Waals surface area contributed by atoms with Crippen LogP contribution >= 0.6 is 0 Å². The first-order chi connectivity index (χ1) is 8.25. The van der Waals surface area contributed by atoms with Crippen molar-refractivity contribution >= 4 is 5.82 Å². The lowest BCUT2D eigenvalue weighted by Crippen LogP contribution is -2.07. The van der Waals surface area contributed by atoms with Crippen molar-refractivity contribution in [3.05, 3.63) is 59.8 Å². The van der Waals surface area contributed by atoms with Gasteiger partial charge < -0.3 is 5.32 Å². The Morgan fingerprint density at radius 1 is 1.06 bits per heavy atom. The number of rotatable bonds is 4. The molecule has 0 atom stereocenters. The first-order valence-corrected chi connectivity index (χ1v) is 5.34. The van der Waals surface area contributed by atoms with E-state index in [4.69, 9.17) is 0 Å². The Morgan fingerprint density at radius 3 is 2.53 bits per heavy atom. The molecule has 0 spiro atoms. The van der Waals surface area contributed by atoms with Gasteiger partial charge in [-0.2, -0.15) is 0 Å². The Labute approximate surface area is 98.3 Å². The average molecular weight is 234 g/mol. The molecule has 0 aliphatic rings. The Morgan fingerprint density at radius 2 is 1.82 bits per heavy atom. The van der Waals surface area contributed by atoms with Crippen LogP contribution in [0, 0.1) is 11.6 Å². The van der Waals surface area contributed by atoms with Crippen LogP contribution in [-0.2, 0) is 6.42 Å². The van der Waals surface area contributed by atoms with Crippen LogP contribution in [0.5, 0.6) is 0 Å². The summed E-state index contributed by atoms with van der Waals surface area (Å²) < 4.78 is 25.8. The summed E-state index contributed by atoms with van der Waals surface area (Å²) in [7, 11) is 0. The van der Waals surface area contributed by atoms with Gasteiger partial charge in [-0.1, -0.05) is 12.1 Å². The van der Waals surface area contributed by atoms with Crippen molar-refractivity contribution in [3.8, 4) is 0 Å². The minimum absolute atomic E-state index is 0.245. The summed E-state index contributed by atoms with van der Waals surface area (Å²) in [5.74, 6) is -0.376. The molecule has 1 heterocycles. The van der Waals surface area contributed by atoms with E-state index in [2.05, 4.69) is 10.3 Å². The van der Waals surface area contributed by atoms with Crippen LogP contribution in [0.15, 0.2) is 42.6 Å². The molecule has 0 saturated heterocycles. The molecule has 2 nitrogen and oxygen atoms in total. The maximum absolute atomic E-state index is 13.2. The second-order valence-electron chi connectivity index (χ2n) is 3.64. The number of benzene rings is 1. The van der Waals surface area contributed by atoms with E-state index < -0.39 is 0 Å². The number of pyridine rings is 1. The molecule has 0 amide bonds. The van der Waals surface area contributed by atoms with Crippen LogP contribution in [0.3, 0.4) is 0 Å². The molecular formula is C13H12F2N2. The molecule has 1 aromatic carbocycles. The smallest absolute Gasteiger partial charge is 0.165 e. The molecule has 4 heteroatoms. The summed E-state index contributed by atoms with van der Waals surface area (Å²) in [5, 5.41) is 2.90. The highest BCUT2D eigenvalue weighted by Crippen LogP contribution is 2.09. The maximum Gasteiger partial charge on any atom is 0.165 e. The normalized spacial score (nSPS) is 10.2. The third-order valence-electron chi connectivity index (χ3n) is 2.38. The molecule has 0 aliphatic heterocycles. The Bertz CT molecular complexity index is 483. The van der Waals surface area contributed by atoms with E-state index in [-0.39, 0.29) is 17.5 Å². The molecule has 0 aliphatic carbocycles. The highest BCUT2D eigenvalue weighted by atomic mass is 19.1. The standard InChI is InChI=1S/C13H12F2N2/c14-11-5-3-10(4-6-11)7-9-17-13-12(15)2-1-8-16-13/h1-6,8H,7,9H2,(H,16,17). The maximum atomic E-state index is 13.2. The average Bonchev–Trinajstić information content (AvgIpc) is 2.34. The van der Waals surface area contributed by atoms with Gasteiger partial charge in [0.15, 0.2) is 11.6 Å². The van der Waals surface area contributed by atoms with E-state index in [1.165, 1.54) is 24.4 Å². The highest BCUT2D eigenvalue weighted by Gasteiger charge is 2.00. The Kier molecular flexibility index (Phi) is 3.65. The molecule has 17 heavy (non-hydrogen) atoms. The molecule has 0 bridgehead atoms. The topological polar surface area (TPSA) is 24.9 Å². The Balaban J connectivity index is 1.88. The molecule has 1 aromatic heterocycles. The lowest BCUT2D eigenvalue weighted by Gasteiger charge is -2.06. The molecular weight excluding hydrogens is 222 g/mol. The van der Waals surface area contributed by atoms with Gasteiger partial charge in [0.25, 0.3) is 0 Å². The van der Waals surface area contributed by atoms with Crippen LogP contribution in [0.1, 0.15) is 5.56 Å². The molecule has 0 fully saturated rings. The molecule has 88 valence electrons. The molecule has 2 aromatic rings. The number of nitrogens with one attached hydrogen (secondary N) is 1. The van der Waals surface area contributed by atoms with Gasteiger partial charge in [-0.15, -0.1) is 0 Å². The number of hydrogen-bond donors (Lipinski definition) is 1. The fourth-order valence-corrected chi connectivity index (χ4v) is 1.49. The van der Waals surface area contributed by atoms with E-state index in [1.807, 2.05) is 0 Å². The number of anilines is 1. The predicted octanol–water partition coefficient (Wildman–Crippen LogP) is 3.01. The zero-order chi connectivity index (χ0) is 12.1. The van der Waals surface area contributed by atoms with Crippen LogP contribution < -0.4 is 5.32 Å². The predicted molar refractivity (Wildman–Crippen MR) is 62.8 cm³/mol. The third kappa shape index (κ3) is 3.24. The van der Waals surface area contributed by atoms with Gasteiger partial charge in [0.2, 0.25) is 0 Å². The molecule has 0 unspecified atom stereocenters. The Hall–Kier alpha value is -1.97. The van der Waals surface area contributed by atoms with Gasteiger partial charge in [-0.3, -0.25) is 0 Å². The minimum Gasteiger partial charge on any atom is -0.367 e. The minimum atomic E-state index is -0.369. The number of aromatic nitrogens is 1. The third-order valence-corrected chi connectivity index (χ3v) is 2.38. The summed E-state index contributed by atoms with van der Waals surface area (Å²) in [5.41, 5.74) is 0.996. The number of halogens is 2. The lowest BCUT2D eigenvalue weighted by molar-refractivity contribution is 0.624. The van der Waals surface area contributed by atoms with Crippen molar-refractivity contribution < 1.29 is 8.78 Å². The van der Waals surface area contributed by atoms with Crippen molar-refractivity contribution in [1.29, 1.82) is 0 Å². The van der Waals surface area contributed by atoms with E-state index in [9.17, 15) is 8.78 Å².